The van der Waals surface area contributed by atoms with Gasteiger partial charge in [-0.1, -0.05) is 41.9 Å². The summed E-state index contributed by atoms with van der Waals surface area (Å²) in [5.41, 5.74) is 7.35. The van der Waals surface area contributed by atoms with E-state index in [4.69, 9.17) is 17.3 Å². The normalized spacial score (nSPS) is 11.2. The minimum Gasteiger partial charge on any atom is -0.399 e. The molecule has 0 aliphatic carbocycles. The van der Waals surface area contributed by atoms with Crippen LogP contribution in [-0.2, 0) is 16.4 Å². The number of nitrogens with two attached hydrogens (primary N) is 1. The fraction of sp³-hybridized carbons (Fsp3) is 0.143. The summed E-state index contributed by atoms with van der Waals surface area (Å²) in [6.07, 6.45) is 0.441. The highest BCUT2D eigenvalue weighted by molar-refractivity contribution is 7.92. The molecule has 0 fully saturated rings. The van der Waals surface area contributed by atoms with Crippen molar-refractivity contribution in [2.75, 3.05) is 16.2 Å². The van der Waals surface area contributed by atoms with Crippen LogP contribution in [0.2, 0.25) is 5.02 Å². The molecular weight excluding hydrogens is 296 g/mol. The Morgan fingerprint density at radius 1 is 1.10 bits per heavy atom. The second-order valence-electron chi connectivity index (χ2n) is 4.40. The molecule has 0 amide bonds. The molecule has 0 bridgehead atoms. The molecule has 2 aromatic rings. The Kier molecular flexibility index (Phi) is 4.52. The predicted molar refractivity (Wildman–Crippen MR) is 83.4 cm³/mol. The van der Waals surface area contributed by atoms with Crippen LogP contribution < -0.4 is 10.5 Å². The van der Waals surface area contributed by atoms with E-state index in [1.54, 1.807) is 12.1 Å². The first-order chi connectivity index (χ1) is 9.46. The molecule has 0 saturated heterocycles. The predicted octanol–water partition coefficient (Wildman–Crippen LogP) is 2.91. The summed E-state index contributed by atoms with van der Waals surface area (Å²) in [6.45, 7) is 0. The van der Waals surface area contributed by atoms with Crippen molar-refractivity contribution in [2.45, 2.75) is 6.42 Å². The summed E-state index contributed by atoms with van der Waals surface area (Å²) < 4.78 is 26.5. The Morgan fingerprint density at radius 3 is 2.50 bits per heavy atom. The van der Waals surface area contributed by atoms with Gasteiger partial charge >= 0.3 is 0 Å². The minimum atomic E-state index is -3.46. The molecule has 0 radical (unpaired) electrons. The number of benzene rings is 2. The van der Waals surface area contributed by atoms with Gasteiger partial charge in [-0.05, 0) is 30.2 Å². The van der Waals surface area contributed by atoms with Gasteiger partial charge in [0.25, 0.3) is 0 Å². The second-order valence-corrected chi connectivity index (χ2v) is 6.64. The zero-order valence-electron chi connectivity index (χ0n) is 10.7. The van der Waals surface area contributed by atoms with Crippen LogP contribution in [0.15, 0.2) is 48.5 Å². The smallest absolute Gasteiger partial charge is 0.233 e. The Balaban J connectivity index is 2.06. The maximum atomic E-state index is 12.0. The Morgan fingerprint density at radius 2 is 1.80 bits per heavy atom. The quantitative estimate of drug-likeness (QED) is 0.834. The number of aryl methyl sites for hydroxylation is 1. The average Bonchev–Trinajstić information content (AvgIpc) is 2.42. The van der Waals surface area contributed by atoms with Crippen LogP contribution in [0.5, 0.6) is 0 Å². The largest absolute Gasteiger partial charge is 0.399 e. The van der Waals surface area contributed by atoms with Gasteiger partial charge in [-0.2, -0.15) is 0 Å². The van der Waals surface area contributed by atoms with E-state index in [-0.39, 0.29) is 5.75 Å². The topological polar surface area (TPSA) is 72.2 Å². The van der Waals surface area contributed by atoms with Gasteiger partial charge in [-0.3, -0.25) is 4.72 Å². The number of hydrogen-bond donors (Lipinski definition) is 2. The number of anilines is 2. The van der Waals surface area contributed by atoms with Crippen molar-refractivity contribution < 1.29 is 8.42 Å². The zero-order chi connectivity index (χ0) is 14.6. The molecule has 0 saturated carbocycles. The lowest BCUT2D eigenvalue weighted by Gasteiger charge is -2.10. The van der Waals surface area contributed by atoms with Gasteiger partial charge in [-0.25, -0.2) is 8.42 Å². The third-order valence-corrected chi connectivity index (χ3v) is 4.36. The van der Waals surface area contributed by atoms with Gasteiger partial charge in [0.15, 0.2) is 0 Å². The van der Waals surface area contributed by atoms with E-state index in [2.05, 4.69) is 4.72 Å². The maximum absolute atomic E-state index is 12.0. The molecule has 0 aliphatic heterocycles. The van der Waals surface area contributed by atoms with Crippen molar-refractivity contribution >= 4 is 33.0 Å². The molecule has 0 atom stereocenters. The van der Waals surface area contributed by atoms with E-state index < -0.39 is 10.0 Å². The molecule has 106 valence electrons. The molecule has 4 nitrogen and oxygen atoms in total. The second kappa shape index (κ2) is 6.15. The number of hydrogen-bond acceptors (Lipinski definition) is 3. The SMILES string of the molecule is Nc1ccc(Cl)c(NS(=O)(=O)CCc2ccccc2)c1. The Hall–Kier alpha value is -1.72. The van der Waals surface area contributed by atoms with Crippen LogP contribution in [0.4, 0.5) is 11.4 Å². The molecule has 3 N–H and O–H groups in total. The van der Waals surface area contributed by atoms with Gasteiger partial charge in [0.05, 0.1) is 16.5 Å². The molecule has 0 unspecified atom stereocenters. The fourth-order valence-electron chi connectivity index (χ4n) is 1.74. The zero-order valence-corrected chi connectivity index (χ0v) is 12.3. The lowest BCUT2D eigenvalue weighted by atomic mass is 10.2. The molecule has 20 heavy (non-hydrogen) atoms. The van der Waals surface area contributed by atoms with Gasteiger partial charge in [0, 0.05) is 5.69 Å². The van der Waals surface area contributed by atoms with E-state index >= 15 is 0 Å². The summed E-state index contributed by atoms with van der Waals surface area (Å²) in [4.78, 5) is 0. The number of nitrogens with one attached hydrogen (secondary N) is 1. The summed E-state index contributed by atoms with van der Waals surface area (Å²) in [7, 11) is -3.46. The van der Waals surface area contributed by atoms with Crippen LogP contribution in [0.25, 0.3) is 0 Å². The average molecular weight is 311 g/mol. The molecule has 2 rings (SSSR count). The van der Waals surface area contributed by atoms with Gasteiger partial charge in [0.1, 0.15) is 0 Å². The number of rotatable bonds is 5. The molecule has 2 aromatic carbocycles. The van der Waals surface area contributed by atoms with E-state index in [9.17, 15) is 8.42 Å². The lowest BCUT2D eigenvalue weighted by Crippen LogP contribution is -2.18. The number of sulfonamides is 1. The van der Waals surface area contributed by atoms with E-state index in [1.807, 2.05) is 30.3 Å². The summed E-state index contributed by atoms with van der Waals surface area (Å²) >= 11 is 5.94. The van der Waals surface area contributed by atoms with Gasteiger partial charge < -0.3 is 5.73 Å². The van der Waals surface area contributed by atoms with Crippen molar-refractivity contribution in [1.29, 1.82) is 0 Å². The van der Waals surface area contributed by atoms with Crippen molar-refractivity contribution in [3.8, 4) is 0 Å². The van der Waals surface area contributed by atoms with Gasteiger partial charge in [-0.15, -0.1) is 0 Å². The first-order valence-corrected chi connectivity index (χ1v) is 8.09. The molecule has 6 heteroatoms. The minimum absolute atomic E-state index is 0.0118. The Labute approximate surface area is 123 Å². The van der Waals surface area contributed by atoms with Crippen LogP contribution >= 0.6 is 11.6 Å². The highest BCUT2D eigenvalue weighted by Crippen LogP contribution is 2.25. The van der Waals surface area contributed by atoms with Crippen LogP contribution in [0, 0.1) is 0 Å². The maximum Gasteiger partial charge on any atom is 0.233 e. The van der Waals surface area contributed by atoms with Crippen molar-refractivity contribution in [3.63, 3.8) is 0 Å². The Bertz CT molecular complexity index is 688. The van der Waals surface area contributed by atoms with Crippen LogP contribution in [0.1, 0.15) is 5.56 Å². The third kappa shape index (κ3) is 4.15. The summed E-state index contributed by atoms with van der Waals surface area (Å²) in [5.74, 6) is -0.0118. The molecule has 0 aromatic heterocycles. The molecule has 0 spiro atoms. The third-order valence-electron chi connectivity index (χ3n) is 2.76. The number of nitrogen functional groups attached to an aromatic ring is 1. The first kappa shape index (κ1) is 14.7. The summed E-state index contributed by atoms with van der Waals surface area (Å²) in [5, 5.41) is 0.322. The standard InChI is InChI=1S/C14H15ClN2O2S/c15-13-7-6-12(16)10-14(13)17-20(18,19)9-8-11-4-2-1-3-5-11/h1-7,10,17H,8-9,16H2. The molecular formula is C14H15ClN2O2S. The van der Waals surface area contributed by atoms with E-state index in [0.29, 0.717) is 22.8 Å². The molecule has 0 aliphatic rings. The van der Waals surface area contributed by atoms with Crippen molar-refractivity contribution in [1.82, 2.24) is 0 Å². The van der Waals surface area contributed by atoms with Crippen molar-refractivity contribution in [3.05, 3.63) is 59.1 Å². The van der Waals surface area contributed by atoms with Crippen molar-refractivity contribution in [2.24, 2.45) is 0 Å². The van der Waals surface area contributed by atoms with Crippen LogP contribution in [0.3, 0.4) is 0 Å². The highest BCUT2D eigenvalue weighted by atomic mass is 35.5. The molecule has 0 heterocycles. The van der Waals surface area contributed by atoms with Gasteiger partial charge in [0.2, 0.25) is 10.0 Å². The highest BCUT2D eigenvalue weighted by Gasteiger charge is 2.13. The first-order valence-electron chi connectivity index (χ1n) is 6.06. The lowest BCUT2D eigenvalue weighted by molar-refractivity contribution is 0.600. The van der Waals surface area contributed by atoms with Crippen LogP contribution in [-0.4, -0.2) is 14.2 Å². The fourth-order valence-corrected chi connectivity index (χ4v) is 3.07. The summed E-state index contributed by atoms with van der Waals surface area (Å²) in [6, 6.07) is 14.1. The van der Waals surface area contributed by atoms with E-state index in [1.165, 1.54) is 6.07 Å². The monoisotopic (exact) mass is 310 g/mol. The van der Waals surface area contributed by atoms with E-state index in [0.717, 1.165) is 5.56 Å². The number of halogens is 1.